The van der Waals surface area contributed by atoms with Gasteiger partial charge in [0.25, 0.3) is 0 Å². The molecule has 0 bridgehead atoms. The molecule has 0 radical (unpaired) electrons. The third-order valence-corrected chi connectivity index (χ3v) is 14.4. The molecule has 4 nitrogen and oxygen atoms in total. The molecule has 69 heavy (non-hydrogen) atoms. The van der Waals surface area contributed by atoms with Gasteiger partial charge in [-0.3, -0.25) is 0 Å². The van der Waals surface area contributed by atoms with Crippen LogP contribution >= 0.6 is 0 Å². The lowest BCUT2D eigenvalue weighted by Crippen LogP contribution is -2.00. The largest absolute Gasteiger partial charge is 0.309 e. The van der Waals surface area contributed by atoms with E-state index in [1.54, 1.807) is 0 Å². The predicted octanol–water partition coefficient (Wildman–Crippen LogP) is 19.2. The molecule has 2 aromatic heterocycles. The molecule has 0 aliphatic carbocycles. The summed E-state index contributed by atoms with van der Waals surface area (Å²) in [4.78, 5) is 15.2. The molecule has 2 heterocycles. The van der Waals surface area contributed by atoms with Crippen LogP contribution in [0.25, 0.3) is 72.8 Å². The summed E-state index contributed by atoms with van der Waals surface area (Å²) in [6.07, 6.45) is 29.5. The average molecular weight is 915 g/mol. The molecular formula is C65H78N4. The van der Waals surface area contributed by atoms with Gasteiger partial charge in [0.1, 0.15) is 0 Å². The van der Waals surface area contributed by atoms with Crippen LogP contribution in [0.4, 0.5) is 0 Å². The van der Waals surface area contributed by atoms with E-state index in [4.69, 9.17) is 15.0 Å². The van der Waals surface area contributed by atoms with E-state index in [-0.39, 0.29) is 0 Å². The molecule has 0 saturated carbocycles. The lowest BCUT2D eigenvalue weighted by Gasteiger charge is -2.11. The maximum atomic E-state index is 5.12. The Balaban J connectivity index is 0.975. The van der Waals surface area contributed by atoms with Gasteiger partial charge < -0.3 is 4.57 Å². The van der Waals surface area contributed by atoms with E-state index in [1.165, 1.54) is 184 Å². The number of aromatic nitrogens is 4. The van der Waals surface area contributed by atoms with Crippen LogP contribution in [0.15, 0.2) is 133 Å². The van der Waals surface area contributed by atoms with Crippen LogP contribution in [0.2, 0.25) is 0 Å². The van der Waals surface area contributed by atoms with Crippen molar-refractivity contribution in [3.8, 4) is 51.0 Å². The Morgan fingerprint density at radius 2 is 0.667 bits per heavy atom. The Labute approximate surface area is 415 Å². The molecular weight excluding hydrogens is 837 g/mol. The van der Waals surface area contributed by atoms with Crippen LogP contribution < -0.4 is 0 Å². The van der Waals surface area contributed by atoms with Gasteiger partial charge in [0.05, 0.1) is 11.0 Å². The SMILES string of the molecule is CCCCCCCCCCCCc1ccc(-c2nc(-c3ccc(C)cc3)nc(-c3ccc(-c4ccc5c6ccc(C)cc6n(-c6ccc(CCCCCCCCCCCC)cc6)c5c4)cc3)n2)cc1. The van der Waals surface area contributed by atoms with Gasteiger partial charge in [0, 0.05) is 33.2 Å². The molecule has 358 valence electrons. The summed E-state index contributed by atoms with van der Waals surface area (Å²) in [5.74, 6) is 2.07. The van der Waals surface area contributed by atoms with E-state index in [2.05, 4.69) is 166 Å². The fourth-order valence-electron chi connectivity index (χ4n) is 10.1. The summed E-state index contributed by atoms with van der Waals surface area (Å²) >= 11 is 0. The first-order valence-corrected chi connectivity index (χ1v) is 27.1. The molecule has 4 heteroatoms. The van der Waals surface area contributed by atoms with Gasteiger partial charge >= 0.3 is 0 Å². The van der Waals surface area contributed by atoms with E-state index in [0.29, 0.717) is 17.5 Å². The minimum atomic E-state index is 0.680. The van der Waals surface area contributed by atoms with Crippen molar-refractivity contribution in [3.63, 3.8) is 0 Å². The second kappa shape index (κ2) is 25.7. The van der Waals surface area contributed by atoms with Crippen LogP contribution in [-0.4, -0.2) is 19.5 Å². The number of benzene rings is 6. The number of nitrogens with zero attached hydrogens (tertiary/aromatic N) is 4. The van der Waals surface area contributed by atoms with Crippen molar-refractivity contribution in [2.75, 3.05) is 0 Å². The molecule has 6 aromatic carbocycles. The molecule has 0 saturated heterocycles. The maximum absolute atomic E-state index is 5.12. The number of unbranched alkanes of at least 4 members (excludes halogenated alkanes) is 18. The Bertz CT molecular complexity index is 2800. The zero-order chi connectivity index (χ0) is 47.6. The number of hydrogen-bond acceptors (Lipinski definition) is 3. The summed E-state index contributed by atoms with van der Waals surface area (Å²) in [7, 11) is 0. The maximum Gasteiger partial charge on any atom is 0.164 e. The molecule has 8 aromatic rings. The smallest absolute Gasteiger partial charge is 0.164 e. The summed E-state index contributed by atoms with van der Waals surface area (Å²) < 4.78 is 2.46. The van der Waals surface area contributed by atoms with Crippen molar-refractivity contribution in [1.29, 1.82) is 0 Å². The number of fused-ring (bicyclic) bond motifs is 3. The Morgan fingerprint density at radius 3 is 1.14 bits per heavy atom. The quantitative estimate of drug-likeness (QED) is 0.0483. The fourth-order valence-corrected chi connectivity index (χ4v) is 10.1. The Morgan fingerprint density at radius 1 is 0.319 bits per heavy atom. The van der Waals surface area contributed by atoms with Crippen molar-refractivity contribution in [1.82, 2.24) is 19.5 Å². The third-order valence-electron chi connectivity index (χ3n) is 14.4. The molecule has 0 atom stereocenters. The van der Waals surface area contributed by atoms with Gasteiger partial charge in [0.15, 0.2) is 17.5 Å². The zero-order valence-corrected chi connectivity index (χ0v) is 42.5. The molecule has 0 aliphatic heterocycles. The monoisotopic (exact) mass is 915 g/mol. The first kappa shape index (κ1) is 49.5. The van der Waals surface area contributed by atoms with Gasteiger partial charge in [0.2, 0.25) is 0 Å². The minimum absolute atomic E-state index is 0.680. The standard InChI is InChI=1S/C65H78N4/c1-5-7-9-11-13-15-17-19-21-23-25-51-30-36-55(37-31-51)64-66-63(54-34-27-49(3)28-35-54)67-65(68-64)56-40-38-53(39-41-56)57-42-46-60-59-45-29-50(4)47-61(59)69(62(60)48-57)58-43-32-52(33-44-58)26-24-22-20-18-16-14-12-10-8-6-2/h27-48H,5-26H2,1-4H3. The van der Waals surface area contributed by atoms with Gasteiger partial charge in [-0.25, -0.2) is 15.0 Å². The van der Waals surface area contributed by atoms with Crippen LogP contribution in [-0.2, 0) is 12.8 Å². The van der Waals surface area contributed by atoms with Crippen molar-refractivity contribution in [2.24, 2.45) is 0 Å². The van der Waals surface area contributed by atoms with E-state index >= 15 is 0 Å². The zero-order valence-electron chi connectivity index (χ0n) is 42.5. The second-order valence-electron chi connectivity index (χ2n) is 20.1. The topological polar surface area (TPSA) is 43.6 Å². The van der Waals surface area contributed by atoms with Gasteiger partial charge in [-0.15, -0.1) is 0 Å². The van der Waals surface area contributed by atoms with E-state index < -0.39 is 0 Å². The number of rotatable bonds is 27. The lowest BCUT2D eigenvalue weighted by atomic mass is 10.0. The molecule has 0 unspecified atom stereocenters. The molecule has 0 amide bonds. The van der Waals surface area contributed by atoms with Crippen molar-refractivity contribution in [3.05, 3.63) is 156 Å². The van der Waals surface area contributed by atoms with Crippen LogP contribution in [0, 0.1) is 13.8 Å². The molecule has 0 N–H and O–H groups in total. The van der Waals surface area contributed by atoms with Gasteiger partial charge in [-0.2, -0.15) is 0 Å². The van der Waals surface area contributed by atoms with Crippen molar-refractivity contribution < 1.29 is 0 Å². The van der Waals surface area contributed by atoms with Crippen LogP contribution in [0.5, 0.6) is 0 Å². The minimum Gasteiger partial charge on any atom is -0.309 e. The van der Waals surface area contributed by atoms with Crippen LogP contribution in [0.1, 0.15) is 165 Å². The highest BCUT2D eigenvalue weighted by atomic mass is 15.0. The Kier molecular flexibility index (Phi) is 18.4. The van der Waals surface area contributed by atoms with Gasteiger partial charge in [-0.1, -0.05) is 244 Å². The van der Waals surface area contributed by atoms with E-state index in [0.717, 1.165) is 35.1 Å². The highest BCUT2D eigenvalue weighted by Gasteiger charge is 2.16. The van der Waals surface area contributed by atoms with E-state index in [1.807, 2.05) is 0 Å². The molecule has 0 spiro atoms. The fraction of sp³-hybridized carbons (Fsp3) is 0.400. The van der Waals surface area contributed by atoms with E-state index in [9.17, 15) is 0 Å². The first-order chi connectivity index (χ1) is 34.0. The number of hydrogen-bond donors (Lipinski definition) is 0. The predicted molar refractivity (Wildman–Crippen MR) is 296 cm³/mol. The summed E-state index contributed by atoms with van der Waals surface area (Å²) in [6, 6.07) is 49.3. The molecule has 8 rings (SSSR count). The van der Waals surface area contributed by atoms with Gasteiger partial charge in [-0.05, 0) is 91.6 Å². The lowest BCUT2D eigenvalue weighted by molar-refractivity contribution is 0.556. The molecule has 0 fully saturated rings. The Hall–Kier alpha value is -5.87. The highest BCUT2D eigenvalue weighted by molar-refractivity contribution is 6.10. The first-order valence-electron chi connectivity index (χ1n) is 27.1. The van der Waals surface area contributed by atoms with Crippen LogP contribution in [0.3, 0.4) is 0 Å². The third kappa shape index (κ3) is 13.7. The summed E-state index contributed by atoms with van der Waals surface area (Å²) in [5.41, 5.74) is 14.3. The molecule has 0 aliphatic rings. The van der Waals surface area contributed by atoms with Crippen molar-refractivity contribution in [2.45, 2.75) is 169 Å². The number of aryl methyl sites for hydroxylation is 4. The highest BCUT2D eigenvalue weighted by Crippen LogP contribution is 2.36. The normalized spacial score (nSPS) is 11.6. The van der Waals surface area contributed by atoms with Crippen molar-refractivity contribution >= 4 is 21.8 Å². The second-order valence-corrected chi connectivity index (χ2v) is 20.1. The summed E-state index contributed by atoms with van der Waals surface area (Å²) in [5, 5.41) is 2.55. The summed E-state index contributed by atoms with van der Waals surface area (Å²) in [6.45, 7) is 8.89. The average Bonchev–Trinajstić information content (AvgIpc) is 3.70.